The molecule has 5 heteroatoms. The molecule has 90 valence electrons. The van der Waals surface area contributed by atoms with E-state index in [-0.39, 0.29) is 0 Å². The Morgan fingerprint density at radius 3 is 3.12 bits per heavy atom. The maximum Gasteiger partial charge on any atom is 0.433 e. The smallest absolute Gasteiger partial charge is 0.433 e. The van der Waals surface area contributed by atoms with Crippen molar-refractivity contribution >= 4 is 12.3 Å². The highest BCUT2D eigenvalue weighted by Gasteiger charge is 2.55. The molecule has 1 amide bonds. The van der Waals surface area contributed by atoms with Gasteiger partial charge in [0.1, 0.15) is 0 Å². The van der Waals surface area contributed by atoms with Crippen molar-refractivity contribution in [3.05, 3.63) is 0 Å². The van der Waals surface area contributed by atoms with Crippen LogP contribution in [0.5, 0.6) is 0 Å². The van der Waals surface area contributed by atoms with Crippen LogP contribution in [0.3, 0.4) is 0 Å². The lowest BCUT2D eigenvalue weighted by Gasteiger charge is -2.22. The first-order chi connectivity index (χ1) is 7.70. The first kappa shape index (κ1) is 11.5. The van der Waals surface area contributed by atoms with Crippen molar-refractivity contribution in [2.24, 2.45) is 10.9 Å². The summed E-state index contributed by atoms with van der Waals surface area (Å²) >= 11 is 0. The van der Waals surface area contributed by atoms with Crippen molar-refractivity contribution in [1.29, 1.82) is 0 Å². The Morgan fingerprint density at radius 2 is 2.56 bits per heavy atom. The Labute approximate surface area is 94.5 Å². The van der Waals surface area contributed by atoms with Crippen LogP contribution in [-0.4, -0.2) is 42.3 Å². The first-order valence-corrected chi connectivity index (χ1v) is 5.73. The molecule has 1 aliphatic heterocycles. The van der Waals surface area contributed by atoms with Crippen LogP contribution in [0.4, 0.5) is 4.79 Å². The van der Waals surface area contributed by atoms with Gasteiger partial charge in [0.15, 0.2) is 0 Å². The number of carbonyl (C=O) groups excluding carboxylic acids is 1. The van der Waals surface area contributed by atoms with Crippen LogP contribution >= 0.6 is 0 Å². The predicted molar refractivity (Wildman–Crippen MR) is 57.5 cm³/mol. The van der Waals surface area contributed by atoms with E-state index in [1.165, 1.54) is 6.21 Å². The fraction of sp³-hybridized carbons (Fsp3) is 0.818. The Kier molecular flexibility index (Phi) is 3.56. The van der Waals surface area contributed by atoms with Gasteiger partial charge in [-0.1, -0.05) is 0 Å². The Morgan fingerprint density at radius 1 is 1.75 bits per heavy atom. The molecule has 1 saturated heterocycles. The van der Waals surface area contributed by atoms with Crippen LogP contribution in [0.1, 0.15) is 26.2 Å². The first-order valence-electron chi connectivity index (χ1n) is 5.73. The highest BCUT2D eigenvalue weighted by molar-refractivity contribution is 5.79. The summed E-state index contributed by atoms with van der Waals surface area (Å²) in [5.74, 6) is 0.496. The summed E-state index contributed by atoms with van der Waals surface area (Å²) in [6.45, 7) is 2.05. The third-order valence-electron chi connectivity index (χ3n) is 3.04. The molecule has 2 rings (SSSR count). The molecule has 0 aromatic rings. The predicted octanol–water partition coefficient (Wildman–Crippen LogP) is 1.14. The number of rotatable bonds is 5. The lowest BCUT2D eigenvalue weighted by Crippen LogP contribution is -2.28. The van der Waals surface area contributed by atoms with Crippen LogP contribution in [0.15, 0.2) is 4.99 Å². The van der Waals surface area contributed by atoms with Crippen molar-refractivity contribution in [1.82, 2.24) is 0 Å². The van der Waals surface area contributed by atoms with Gasteiger partial charge in [-0.3, -0.25) is 0 Å². The van der Waals surface area contributed by atoms with E-state index in [2.05, 4.69) is 9.73 Å². The van der Waals surface area contributed by atoms with Gasteiger partial charge in [-0.05, 0) is 25.7 Å². The number of nitrogens with zero attached hydrogens (tertiary/aromatic N) is 1. The van der Waals surface area contributed by atoms with Gasteiger partial charge in [0, 0.05) is 12.6 Å². The second kappa shape index (κ2) is 4.93. The zero-order valence-electron chi connectivity index (χ0n) is 9.33. The quantitative estimate of drug-likeness (QED) is 0.564. The number of aliphatic imine (C=N–C) groups is 1. The molecule has 2 aliphatic rings. The molecule has 1 N–H and O–H groups in total. The summed E-state index contributed by atoms with van der Waals surface area (Å²) in [6, 6.07) is 0. The summed E-state index contributed by atoms with van der Waals surface area (Å²) in [6.07, 6.45) is 3.46. The minimum absolute atomic E-state index is 0.321. The number of amides is 1. The molecule has 0 bridgehead atoms. The van der Waals surface area contributed by atoms with E-state index < -0.39 is 12.2 Å². The summed E-state index contributed by atoms with van der Waals surface area (Å²) in [4.78, 5) is 14.4. The number of epoxide rings is 1. The second-order valence-corrected chi connectivity index (χ2v) is 4.27. The van der Waals surface area contributed by atoms with E-state index in [1.807, 2.05) is 0 Å². The zero-order valence-corrected chi connectivity index (χ0v) is 9.33. The molecule has 16 heavy (non-hydrogen) atoms. The Balaban J connectivity index is 1.59. The minimum Gasteiger partial charge on any atom is -0.448 e. The lowest BCUT2D eigenvalue weighted by atomic mass is 9.81. The number of carbonyl (C=O) groups is 1. The van der Waals surface area contributed by atoms with Crippen molar-refractivity contribution in [2.45, 2.75) is 44.5 Å². The molecule has 4 atom stereocenters. The van der Waals surface area contributed by atoms with Gasteiger partial charge < -0.3 is 14.6 Å². The van der Waals surface area contributed by atoms with Crippen LogP contribution in [-0.2, 0) is 9.47 Å². The highest BCUT2D eigenvalue weighted by Crippen LogP contribution is 2.48. The molecule has 0 spiro atoms. The minimum atomic E-state index is -0.594. The average Bonchev–Trinajstić information content (AvgIpc) is 2.87. The molecular formula is C11H17NO4. The van der Waals surface area contributed by atoms with Crippen LogP contribution < -0.4 is 0 Å². The van der Waals surface area contributed by atoms with Crippen LogP contribution in [0.2, 0.25) is 0 Å². The van der Waals surface area contributed by atoms with E-state index in [0.29, 0.717) is 31.2 Å². The van der Waals surface area contributed by atoms with Crippen LogP contribution in [0, 0.1) is 5.92 Å². The molecule has 1 aliphatic carbocycles. The third kappa shape index (κ3) is 2.80. The monoisotopic (exact) mass is 227 g/mol. The van der Waals surface area contributed by atoms with E-state index in [1.54, 1.807) is 6.92 Å². The molecule has 0 aromatic heterocycles. The summed E-state index contributed by atoms with van der Waals surface area (Å²) in [5, 5.41) is 9.66. The SMILES string of the molecule is CCOC(=O)N=CCC(O)CC1CC2OC12. The lowest BCUT2D eigenvalue weighted by molar-refractivity contribution is 0.134. The van der Waals surface area contributed by atoms with E-state index >= 15 is 0 Å². The molecule has 2 fully saturated rings. The fourth-order valence-electron chi connectivity index (χ4n) is 2.08. The summed E-state index contributed by atoms with van der Waals surface area (Å²) in [7, 11) is 0. The van der Waals surface area contributed by atoms with Crippen molar-refractivity contribution < 1.29 is 19.4 Å². The number of aliphatic hydroxyl groups is 1. The average molecular weight is 227 g/mol. The number of ether oxygens (including phenoxy) is 2. The van der Waals surface area contributed by atoms with Gasteiger partial charge in [0.2, 0.25) is 0 Å². The maximum atomic E-state index is 10.9. The molecule has 1 heterocycles. The van der Waals surface area contributed by atoms with Gasteiger partial charge in [0.05, 0.1) is 24.9 Å². The largest absolute Gasteiger partial charge is 0.448 e. The summed E-state index contributed by atoms with van der Waals surface area (Å²) in [5.41, 5.74) is 0. The molecule has 1 saturated carbocycles. The third-order valence-corrected chi connectivity index (χ3v) is 3.04. The number of aliphatic hydroxyl groups excluding tert-OH is 1. The van der Waals surface area contributed by atoms with Crippen molar-refractivity contribution in [3.8, 4) is 0 Å². The standard InChI is InChI=1S/C11H17NO4/c1-2-15-11(14)12-4-3-8(13)5-7-6-9-10(7)16-9/h4,7-10,13H,2-3,5-6H2,1H3. The Bertz CT molecular complexity index is 292. The second-order valence-electron chi connectivity index (χ2n) is 4.27. The maximum absolute atomic E-state index is 10.9. The van der Waals surface area contributed by atoms with Gasteiger partial charge in [-0.2, -0.15) is 4.99 Å². The number of fused-ring (bicyclic) bond motifs is 1. The molecule has 4 unspecified atom stereocenters. The highest BCUT2D eigenvalue weighted by atomic mass is 16.6. The van der Waals surface area contributed by atoms with Gasteiger partial charge in [-0.25, -0.2) is 4.79 Å². The molecule has 5 nitrogen and oxygen atoms in total. The van der Waals surface area contributed by atoms with E-state index in [4.69, 9.17) is 4.74 Å². The Hall–Kier alpha value is -0.940. The van der Waals surface area contributed by atoms with Crippen LogP contribution in [0.25, 0.3) is 0 Å². The van der Waals surface area contributed by atoms with Crippen molar-refractivity contribution in [2.75, 3.05) is 6.61 Å². The topological polar surface area (TPSA) is 71.4 Å². The molecule has 0 aromatic carbocycles. The fourth-order valence-corrected chi connectivity index (χ4v) is 2.08. The summed E-state index contributed by atoms with van der Waals surface area (Å²) < 4.78 is 9.92. The van der Waals surface area contributed by atoms with Gasteiger partial charge >= 0.3 is 6.09 Å². The van der Waals surface area contributed by atoms with E-state index in [9.17, 15) is 9.90 Å². The molecule has 0 radical (unpaired) electrons. The van der Waals surface area contributed by atoms with Crippen molar-refractivity contribution in [3.63, 3.8) is 0 Å². The number of hydrogen-bond acceptors (Lipinski definition) is 4. The molecular weight excluding hydrogens is 210 g/mol. The zero-order chi connectivity index (χ0) is 11.5. The van der Waals surface area contributed by atoms with Gasteiger partial charge in [-0.15, -0.1) is 0 Å². The van der Waals surface area contributed by atoms with Gasteiger partial charge in [0.25, 0.3) is 0 Å². The van der Waals surface area contributed by atoms with E-state index in [0.717, 1.165) is 12.8 Å². The normalized spacial score (nSPS) is 33.0. The number of hydrogen-bond donors (Lipinski definition) is 1.